The molecule has 0 radical (unpaired) electrons. The molecule has 0 aliphatic carbocycles. The second kappa shape index (κ2) is 6.57. The maximum atomic E-state index is 12.7. The molecule has 0 atom stereocenters. The number of carbonyl (C=O) groups excluding carboxylic acids is 1. The van der Waals surface area contributed by atoms with E-state index in [1.165, 1.54) is 0 Å². The average Bonchev–Trinajstić information content (AvgIpc) is 2.68. The van der Waals surface area contributed by atoms with E-state index in [0.29, 0.717) is 5.56 Å². The summed E-state index contributed by atoms with van der Waals surface area (Å²) in [4.78, 5) is 17.0. The van der Waals surface area contributed by atoms with Gasteiger partial charge in [0.2, 0.25) is 0 Å². The summed E-state index contributed by atoms with van der Waals surface area (Å²) >= 11 is 0. The highest BCUT2D eigenvalue weighted by molar-refractivity contribution is 6.07. The van der Waals surface area contributed by atoms with Crippen molar-refractivity contribution in [3.63, 3.8) is 0 Å². The first-order chi connectivity index (χ1) is 12.3. The second-order valence-electron chi connectivity index (χ2n) is 5.78. The molecule has 0 spiro atoms. The van der Waals surface area contributed by atoms with Crippen molar-refractivity contribution in [2.24, 2.45) is 0 Å². The summed E-state index contributed by atoms with van der Waals surface area (Å²) < 4.78 is 0. The molecule has 0 fully saturated rings. The van der Waals surface area contributed by atoms with Gasteiger partial charge in [0.05, 0.1) is 5.52 Å². The van der Waals surface area contributed by atoms with E-state index in [4.69, 9.17) is 0 Å². The molecule has 3 aromatic carbocycles. The molecule has 4 aromatic rings. The van der Waals surface area contributed by atoms with Crippen molar-refractivity contribution in [2.45, 2.75) is 0 Å². The Balaban J connectivity index is 1.67. The van der Waals surface area contributed by atoms with E-state index in [1.54, 1.807) is 12.3 Å². The fourth-order valence-electron chi connectivity index (χ4n) is 2.87. The Kier molecular flexibility index (Phi) is 3.97. The van der Waals surface area contributed by atoms with Crippen molar-refractivity contribution in [2.75, 3.05) is 5.32 Å². The van der Waals surface area contributed by atoms with Crippen molar-refractivity contribution >= 4 is 22.5 Å². The van der Waals surface area contributed by atoms with Crippen LogP contribution in [-0.2, 0) is 0 Å². The SMILES string of the molecule is O=C(Nc1ccccc1-c1ccccc1)c1ccc2ncccc2c1. The van der Waals surface area contributed by atoms with Gasteiger partial charge in [-0.3, -0.25) is 9.78 Å². The molecule has 0 aliphatic rings. The highest BCUT2D eigenvalue weighted by atomic mass is 16.1. The van der Waals surface area contributed by atoms with Crippen LogP contribution < -0.4 is 5.32 Å². The zero-order chi connectivity index (χ0) is 17.1. The Hall–Kier alpha value is -3.46. The number of rotatable bonds is 3. The summed E-state index contributed by atoms with van der Waals surface area (Å²) in [6, 6.07) is 27.2. The average molecular weight is 324 g/mol. The molecule has 0 unspecified atom stereocenters. The van der Waals surface area contributed by atoms with Gasteiger partial charge in [-0.1, -0.05) is 54.6 Å². The quantitative estimate of drug-likeness (QED) is 0.566. The number of benzene rings is 3. The van der Waals surface area contributed by atoms with Gasteiger partial charge < -0.3 is 5.32 Å². The number of nitrogens with zero attached hydrogens (tertiary/aromatic N) is 1. The lowest BCUT2D eigenvalue weighted by molar-refractivity contribution is 0.102. The topological polar surface area (TPSA) is 42.0 Å². The van der Waals surface area contributed by atoms with Crippen LogP contribution in [0.15, 0.2) is 91.1 Å². The highest BCUT2D eigenvalue weighted by Gasteiger charge is 2.10. The summed E-state index contributed by atoms with van der Waals surface area (Å²) in [6.45, 7) is 0. The molecule has 1 aromatic heterocycles. The maximum absolute atomic E-state index is 12.7. The van der Waals surface area contributed by atoms with Gasteiger partial charge in [0.15, 0.2) is 0 Å². The normalized spacial score (nSPS) is 10.6. The molecule has 4 rings (SSSR count). The minimum atomic E-state index is -0.130. The lowest BCUT2D eigenvalue weighted by atomic mass is 10.0. The number of aromatic nitrogens is 1. The van der Waals surface area contributed by atoms with Gasteiger partial charge in [-0.2, -0.15) is 0 Å². The zero-order valence-electron chi connectivity index (χ0n) is 13.5. The zero-order valence-corrected chi connectivity index (χ0v) is 13.5. The third-order valence-corrected chi connectivity index (χ3v) is 4.13. The van der Waals surface area contributed by atoms with E-state index in [0.717, 1.165) is 27.7 Å². The van der Waals surface area contributed by atoms with E-state index in [1.807, 2.05) is 78.9 Å². The van der Waals surface area contributed by atoms with Gasteiger partial charge in [-0.05, 0) is 35.9 Å². The first kappa shape index (κ1) is 15.1. The highest BCUT2D eigenvalue weighted by Crippen LogP contribution is 2.28. The van der Waals surface area contributed by atoms with Crippen LogP contribution >= 0.6 is 0 Å². The van der Waals surface area contributed by atoms with Crippen LogP contribution in [-0.4, -0.2) is 10.9 Å². The number of nitrogens with one attached hydrogen (secondary N) is 1. The number of hydrogen-bond donors (Lipinski definition) is 1. The third-order valence-electron chi connectivity index (χ3n) is 4.13. The molecule has 0 aliphatic heterocycles. The number of anilines is 1. The van der Waals surface area contributed by atoms with Gasteiger partial charge in [0.25, 0.3) is 5.91 Å². The Morgan fingerprint density at radius 2 is 1.60 bits per heavy atom. The van der Waals surface area contributed by atoms with Crippen LogP contribution in [0.25, 0.3) is 22.0 Å². The van der Waals surface area contributed by atoms with Crippen LogP contribution in [0.5, 0.6) is 0 Å². The molecule has 0 bridgehead atoms. The molecule has 3 heteroatoms. The predicted molar refractivity (Wildman–Crippen MR) is 102 cm³/mol. The lowest BCUT2D eigenvalue weighted by Crippen LogP contribution is -2.12. The fourth-order valence-corrected chi connectivity index (χ4v) is 2.87. The van der Waals surface area contributed by atoms with Crippen molar-refractivity contribution < 1.29 is 4.79 Å². The molecule has 0 saturated carbocycles. The standard InChI is InChI=1S/C22H16N2O/c25-22(18-12-13-20-17(15-18)9-6-14-23-20)24-21-11-5-4-10-19(21)16-7-2-1-3-8-16/h1-15H,(H,24,25). The lowest BCUT2D eigenvalue weighted by Gasteiger charge is -2.11. The van der Waals surface area contributed by atoms with Crippen molar-refractivity contribution in [3.05, 3.63) is 96.7 Å². The summed E-state index contributed by atoms with van der Waals surface area (Å²) in [5, 5.41) is 3.98. The Labute approximate surface area is 146 Å². The molecule has 120 valence electrons. The van der Waals surface area contributed by atoms with E-state index in [2.05, 4.69) is 10.3 Å². The number of pyridine rings is 1. The number of fused-ring (bicyclic) bond motifs is 1. The monoisotopic (exact) mass is 324 g/mol. The molecule has 3 nitrogen and oxygen atoms in total. The van der Waals surface area contributed by atoms with Crippen LogP contribution in [0.3, 0.4) is 0 Å². The molecular weight excluding hydrogens is 308 g/mol. The first-order valence-corrected chi connectivity index (χ1v) is 8.12. The maximum Gasteiger partial charge on any atom is 0.255 e. The summed E-state index contributed by atoms with van der Waals surface area (Å²) in [5.41, 5.74) is 4.36. The van der Waals surface area contributed by atoms with Crippen LogP contribution in [0.2, 0.25) is 0 Å². The molecule has 25 heavy (non-hydrogen) atoms. The minimum Gasteiger partial charge on any atom is -0.321 e. The smallest absolute Gasteiger partial charge is 0.255 e. The molecular formula is C22H16N2O. The summed E-state index contributed by atoms with van der Waals surface area (Å²) in [6.07, 6.45) is 1.75. The molecule has 1 N–H and O–H groups in total. The van der Waals surface area contributed by atoms with E-state index < -0.39 is 0 Å². The number of hydrogen-bond acceptors (Lipinski definition) is 2. The van der Waals surface area contributed by atoms with Crippen LogP contribution in [0.1, 0.15) is 10.4 Å². The molecule has 0 saturated heterocycles. The Bertz CT molecular complexity index is 1040. The van der Waals surface area contributed by atoms with Gasteiger partial charge in [-0.25, -0.2) is 0 Å². The number of carbonyl (C=O) groups is 1. The number of para-hydroxylation sites is 1. The van der Waals surface area contributed by atoms with Crippen molar-refractivity contribution in [3.8, 4) is 11.1 Å². The van der Waals surface area contributed by atoms with Gasteiger partial charge in [-0.15, -0.1) is 0 Å². The van der Waals surface area contributed by atoms with E-state index in [9.17, 15) is 4.79 Å². The van der Waals surface area contributed by atoms with Crippen molar-refractivity contribution in [1.29, 1.82) is 0 Å². The minimum absolute atomic E-state index is 0.130. The van der Waals surface area contributed by atoms with Crippen LogP contribution in [0.4, 0.5) is 5.69 Å². The van der Waals surface area contributed by atoms with E-state index in [-0.39, 0.29) is 5.91 Å². The van der Waals surface area contributed by atoms with Gasteiger partial charge in [0, 0.05) is 28.4 Å². The third kappa shape index (κ3) is 3.12. The largest absolute Gasteiger partial charge is 0.321 e. The number of amides is 1. The fraction of sp³-hybridized carbons (Fsp3) is 0. The van der Waals surface area contributed by atoms with Crippen LogP contribution in [0, 0.1) is 0 Å². The van der Waals surface area contributed by atoms with Gasteiger partial charge in [0.1, 0.15) is 0 Å². The first-order valence-electron chi connectivity index (χ1n) is 8.12. The van der Waals surface area contributed by atoms with Gasteiger partial charge >= 0.3 is 0 Å². The summed E-state index contributed by atoms with van der Waals surface area (Å²) in [5.74, 6) is -0.130. The van der Waals surface area contributed by atoms with E-state index >= 15 is 0 Å². The predicted octanol–water partition coefficient (Wildman–Crippen LogP) is 5.15. The molecule has 1 heterocycles. The Morgan fingerprint density at radius 3 is 2.48 bits per heavy atom. The van der Waals surface area contributed by atoms with Crippen molar-refractivity contribution in [1.82, 2.24) is 4.98 Å². The Morgan fingerprint density at radius 1 is 0.800 bits per heavy atom. The second-order valence-corrected chi connectivity index (χ2v) is 5.78. The summed E-state index contributed by atoms with van der Waals surface area (Å²) in [7, 11) is 0. The molecule has 1 amide bonds.